The molecule has 1 heterocycles. The second-order valence-corrected chi connectivity index (χ2v) is 1.96. The Balaban J connectivity index is 2.42. The minimum atomic E-state index is 0.524. The predicted molar refractivity (Wildman–Crippen MR) is 37.8 cm³/mol. The van der Waals surface area contributed by atoms with Crippen LogP contribution in [0.15, 0.2) is 12.3 Å². The molecule has 0 unspecified atom stereocenters. The van der Waals surface area contributed by atoms with Gasteiger partial charge in [0.15, 0.2) is 0 Å². The van der Waals surface area contributed by atoms with Gasteiger partial charge in [-0.3, -0.25) is 4.68 Å². The Bertz CT molecular complexity index is 197. The minimum absolute atomic E-state index is 0.524. The Hall–Kier alpha value is -1.03. The summed E-state index contributed by atoms with van der Waals surface area (Å²) in [6.07, 6.45) is 1.83. The topological polar surface area (TPSA) is 53.1 Å². The Morgan fingerprint density at radius 2 is 2.60 bits per heavy atom. The highest BCUT2D eigenvalue weighted by Crippen LogP contribution is 2.02. The number of hydrogen-bond acceptors (Lipinski definition) is 3. The van der Waals surface area contributed by atoms with Crippen LogP contribution in [0.1, 0.15) is 0 Å². The van der Waals surface area contributed by atoms with Crippen molar-refractivity contribution in [3.8, 4) is 5.88 Å². The van der Waals surface area contributed by atoms with E-state index in [-0.39, 0.29) is 0 Å². The summed E-state index contributed by atoms with van der Waals surface area (Å²) in [6, 6.07) is 1.80. The Kier molecular flexibility index (Phi) is 2.28. The molecule has 10 heavy (non-hydrogen) atoms. The molecular formula is C6H11N3O. The summed E-state index contributed by atoms with van der Waals surface area (Å²) in [5, 5.41) is 3.99. The van der Waals surface area contributed by atoms with E-state index in [9.17, 15) is 0 Å². The van der Waals surface area contributed by atoms with Gasteiger partial charge in [0, 0.05) is 25.9 Å². The van der Waals surface area contributed by atoms with Crippen molar-refractivity contribution in [2.24, 2.45) is 12.8 Å². The minimum Gasteiger partial charge on any atom is -0.475 e. The summed E-state index contributed by atoms with van der Waals surface area (Å²) in [7, 11) is 1.84. The van der Waals surface area contributed by atoms with E-state index in [0.717, 1.165) is 0 Å². The van der Waals surface area contributed by atoms with Gasteiger partial charge >= 0.3 is 0 Å². The maximum atomic E-state index is 5.22. The number of nitrogens with two attached hydrogens (primary N) is 1. The van der Waals surface area contributed by atoms with E-state index in [4.69, 9.17) is 10.5 Å². The molecule has 0 aliphatic heterocycles. The van der Waals surface area contributed by atoms with Crippen molar-refractivity contribution in [1.82, 2.24) is 9.78 Å². The van der Waals surface area contributed by atoms with Crippen LogP contribution in [0.25, 0.3) is 0 Å². The molecular weight excluding hydrogens is 130 g/mol. The SMILES string of the molecule is Cn1ccc(OCCN)n1. The maximum Gasteiger partial charge on any atom is 0.232 e. The van der Waals surface area contributed by atoms with E-state index in [1.807, 2.05) is 13.2 Å². The van der Waals surface area contributed by atoms with Crippen LogP contribution in [0, 0.1) is 0 Å². The Morgan fingerprint density at radius 1 is 1.80 bits per heavy atom. The molecule has 56 valence electrons. The molecule has 0 atom stereocenters. The third-order valence-corrected chi connectivity index (χ3v) is 1.06. The lowest BCUT2D eigenvalue weighted by Crippen LogP contribution is -2.10. The van der Waals surface area contributed by atoms with Gasteiger partial charge in [-0.25, -0.2) is 0 Å². The van der Waals surface area contributed by atoms with Gasteiger partial charge in [0.2, 0.25) is 5.88 Å². The van der Waals surface area contributed by atoms with E-state index in [1.165, 1.54) is 0 Å². The van der Waals surface area contributed by atoms with E-state index >= 15 is 0 Å². The first-order valence-corrected chi connectivity index (χ1v) is 3.15. The first kappa shape index (κ1) is 7.08. The van der Waals surface area contributed by atoms with Gasteiger partial charge < -0.3 is 10.5 Å². The van der Waals surface area contributed by atoms with E-state index in [1.54, 1.807) is 10.7 Å². The molecule has 0 amide bonds. The summed E-state index contributed by atoms with van der Waals surface area (Å²) in [5.41, 5.74) is 5.22. The standard InChI is InChI=1S/C6H11N3O/c1-9-4-2-6(8-9)10-5-3-7/h2,4H,3,5,7H2,1H3. The van der Waals surface area contributed by atoms with Crippen LogP contribution in [0.2, 0.25) is 0 Å². The van der Waals surface area contributed by atoms with Gasteiger partial charge in [0.05, 0.1) is 0 Å². The molecule has 0 radical (unpaired) electrons. The van der Waals surface area contributed by atoms with E-state index in [0.29, 0.717) is 19.0 Å². The van der Waals surface area contributed by atoms with Gasteiger partial charge in [-0.2, -0.15) is 0 Å². The number of hydrogen-bond donors (Lipinski definition) is 1. The Labute approximate surface area is 59.6 Å². The van der Waals surface area contributed by atoms with Gasteiger partial charge in [-0.1, -0.05) is 0 Å². The summed E-state index contributed by atoms with van der Waals surface area (Å²) < 4.78 is 6.81. The summed E-state index contributed by atoms with van der Waals surface area (Å²) in [4.78, 5) is 0. The highest BCUT2D eigenvalue weighted by Gasteiger charge is 1.93. The zero-order valence-electron chi connectivity index (χ0n) is 5.95. The van der Waals surface area contributed by atoms with Gasteiger partial charge in [-0.15, -0.1) is 5.10 Å². The van der Waals surface area contributed by atoms with Crippen molar-refractivity contribution in [3.63, 3.8) is 0 Å². The largest absolute Gasteiger partial charge is 0.475 e. The number of rotatable bonds is 3. The number of ether oxygens (including phenoxy) is 1. The molecule has 0 aliphatic rings. The van der Waals surface area contributed by atoms with Crippen LogP contribution in [-0.2, 0) is 7.05 Å². The fourth-order valence-electron chi connectivity index (χ4n) is 0.634. The molecule has 1 aromatic heterocycles. The molecule has 4 heteroatoms. The summed E-state index contributed by atoms with van der Waals surface area (Å²) >= 11 is 0. The zero-order valence-corrected chi connectivity index (χ0v) is 5.95. The molecule has 0 fully saturated rings. The van der Waals surface area contributed by atoms with Crippen LogP contribution < -0.4 is 10.5 Å². The molecule has 1 aromatic rings. The monoisotopic (exact) mass is 141 g/mol. The molecule has 4 nitrogen and oxygen atoms in total. The van der Waals surface area contributed by atoms with Crippen LogP contribution in [0.3, 0.4) is 0 Å². The fraction of sp³-hybridized carbons (Fsp3) is 0.500. The average molecular weight is 141 g/mol. The van der Waals surface area contributed by atoms with Crippen molar-refractivity contribution in [2.75, 3.05) is 13.2 Å². The van der Waals surface area contributed by atoms with Gasteiger partial charge in [0.25, 0.3) is 0 Å². The van der Waals surface area contributed by atoms with Crippen molar-refractivity contribution in [3.05, 3.63) is 12.3 Å². The molecule has 0 saturated heterocycles. The first-order valence-electron chi connectivity index (χ1n) is 3.15. The molecule has 0 aromatic carbocycles. The smallest absolute Gasteiger partial charge is 0.232 e. The number of aryl methyl sites for hydroxylation is 1. The van der Waals surface area contributed by atoms with Crippen molar-refractivity contribution < 1.29 is 4.74 Å². The second-order valence-electron chi connectivity index (χ2n) is 1.96. The number of nitrogens with zero attached hydrogens (tertiary/aromatic N) is 2. The lowest BCUT2D eigenvalue weighted by molar-refractivity contribution is 0.312. The van der Waals surface area contributed by atoms with Crippen LogP contribution in [0.4, 0.5) is 0 Å². The summed E-state index contributed by atoms with van der Waals surface area (Å²) in [5.74, 6) is 0.632. The van der Waals surface area contributed by atoms with E-state index in [2.05, 4.69) is 5.10 Å². The fourth-order valence-corrected chi connectivity index (χ4v) is 0.634. The quantitative estimate of drug-likeness (QED) is 0.632. The first-order chi connectivity index (χ1) is 4.83. The average Bonchev–Trinajstić information content (AvgIpc) is 2.31. The molecule has 0 saturated carbocycles. The summed E-state index contributed by atoms with van der Waals surface area (Å²) in [6.45, 7) is 1.05. The van der Waals surface area contributed by atoms with Crippen molar-refractivity contribution in [2.45, 2.75) is 0 Å². The van der Waals surface area contributed by atoms with Gasteiger partial charge in [-0.05, 0) is 0 Å². The zero-order chi connectivity index (χ0) is 7.40. The van der Waals surface area contributed by atoms with Crippen LogP contribution in [0.5, 0.6) is 5.88 Å². The lowest BCUT2D eigenvalue weighted by Gasteiger charge is -1.97. The molecule has 0 bridgehead atoms. The van der Waals surface area contributed by atoms with Crippen LogP contribution >= 0.6 is 0 Å². The highest BCUT2D eigenvalue weighted by atomic mass is 16.5. The second kappa shape index (κ2) is 3.22. The molecule has 0 spiro atoms. The molecule has 0 aliphatic carbocycles. The van der Waals surface area contributed by atoms with Crippen LogP contribution in [-0.4, -0.2) is 22.9 Å². The third kappa shape index (κ3) is 1.73. The molecule has 2 N–H and O–H groups in total. The van der Waals surface area contributed by atoms with Gasteiger partial charge in [0.1, 0.15) is 6.61 Å². The molecule has 1 rings (SSSR count). The van der Waals surface area contributed by atoms with Crippen molar-refractivity contribution in [1.29, 1.82) is 0 Å². The highest BCUT2D eigenvalue weighted by molar-refractivity contribution is 5.04. The maximum absolute atomic E-state index is 5.22. The lowest BCUT2D eigenvalue weighted by atomic mass is 10.7. The Morgan fingerprint density at radius 3 is 3.10 bits per heavy atom. The van der Waals surface area contributed by atoms with Crippen molar-refractivity contribution >= 4 is 0 Å². The predicted octanol–water partition coefficient (Wildman–Crippen LogP) is -0.242. The third-order valence-electron chi connectivity index (χ3n) is 1.06. The van der Waals surface area contributed by atoms with E-state index < -0.39 is 0 Å². The normalized spacial score (nSPS) is 9.80. The number of aromatic nitrogens is 2.